The Kier molecular flexibility index (Phi) is 7.47. The van der Waals surface area contributed by atoms with Crippen molar-refractivity contribution in [3.05, 3.63) is 108 Å². The monoisotopic (exact) mass is 468 g/mol. The molecule has 35 heavy (non-hydrogen) atoms. The minimum atomic E-state index is -0.365. The number of benzene rings is 3. The summed E-state index contributed by atoms with van der Waals surface area (Å²) in [6.45, 7) is 2.07. The molecule has 1 aromatic heterocycles. The predicted octanol–water partition coefficient (Wildman–Crippen LogP) is 5.18. The standard InChI is InChI=1S/C28H25FN4O2/c1-2-32(28(35)18-13-21-9-5-3-6-10-21)20-27(34)30-26-19-25(22-11-7-4-8-12-22)31-33(26)24-16-14-23(29)15-17-24/h3-19H,2,20H2,1H3,(H,30,34)/b18-13+. The van der Waals surface area contributed by atoms with Crippen molar-refractivity contribution >= 4 is 23.7 Å². The normalized spacial score (nSPS) is 10.9. The van der Waals surface area contributed by atoms with E-state index in [4.69, 9.17) is 0 Å². The van der Waals surface area contributed by atoms with E-state index in [-0.39, 0.29) is 24.2 Å². The highest BCUT2D eigenvalue weighted by Crippen LogP contribution is 2.25. The fraction of sp³-hybridized carbons (Fsp3) is 0.107. The lowest BCUT2D eigenvalue weighted by atomic mass is 10.1. The molecule has 0 spiro atoms. The van der Waals surface area contributed by atoms with Gasteiger partial charge in [-0.25, -0.2) is 9.07 Å². The second-order valence-corrected chi connectivity index (χ2v) is 7.81. The Hall–Kier alpha value is -4.52. The minimum absolute atomic E-state index is 0.121. The van der Waals surface area contributed by atoms with Crippen LogP contribution in [-0.4, -0.2) is 39.6 Å². The maximum atomic E-state index is 13.5. The van der Waals surface area contributed by atoms with Gasteiger partial charge in [-0.3, -0.25) is 9.59 Å². The molecule has 0 aliphatic rings. The molecule has 0 aliphatic carbocycles. The highest BCUT2D eigenvalue weighted by molar-refractivity contribution is 5.98. The lowest BCUT2D eigenvalue weighted by Gasteiger charge is -2.18. The fourth-order valence-electron chi connectivity index (χ4n) is 3.54. The third kappa shape index (κ3) is 6.09. The van der Waals surface area contributed by atoms with Gasteiger partial charge in [-0.15, -0.1) is 0 Å². The van der Waals surface area contributed by atoms with Crippen molar-refractivity contribution in [2.75, 3.05) is 18.4 Å². The van der Waals surface area contributed by atoms with E-state index in [0.717, 1.165) is 11.1 Å². The summed E-state index contributed by atoms with van der Waals surface area (Å²) in [7, 11) is 0. The summed E-state index contributed by atoms with van der Waals surface area (Å²) in [4.78, 5) is 27.0. The molecule has 0 saturated heterocycles. The van der Waals surface area contributed by atoms with Crippen LogP contribution in [0, 0.1) is 5.82 Å². The molecular weight excluding hydrogens is 443 g/mol. The van der Waals surface area contributed by atoms with Crippen molar-refractivity contribution in [3.8, 4) is 16.9 Å². The summed E-state index contributed by atoms with van der Waals surface area (Å²) in [5.74, 6) is -0.570. The molecule has 1 N–H and O–H groups in total. The zero-order valence-electron chi connectivity index (χ0n) is 19.3. The van der Waals surface area contributed by atoms with E-state index in [1.54, 1.807) is 29.0 Å². The van der Waals surface area contributed by atoms with Crippen molar-refractivity contribution in [1.82, 2.24) is 14.7 Å². The maximum Gasteiger partial charge on any atom is 0.247 e. The minimum Gasteiger partial charge on any atom is -0.330 e. The van der Waals surface area contributed by atoms with E-state index >= 15 is 0 Å². The first-order valence-corrected chi connectivity index (χ1v) is 11.3. The van der Waals surface area contributed by atoms with Gasteiger partial charge in [0.2, 0.25) is 11.8 Å². The first kappa shape index (κ1) is 23.6. The average molecular weight is 469 g/mol. The summed E-state index contributed by atoms with van der Waals surface area (Å²) >= 11 is 0. The van der Waals surface area contributed by atoms with Crippen molar-refractivity contribution in [2.45, 2.75) is 6.92 Å². The molecule has 3 aromatic carbocycles. The van der Waals surface area contributed by atoms with Gasteiger partial charge in [-0.1, -0.05) is 60.7 Å². The number of carbonyl (C=O) groups excluding carboxylic acids is 2. The van der Waals surface area contributed by atoms with Crippen LogP contribution in [-0.2, 0) is 9.59 Å². The van der Waals surface area contributed by atoms with E-state index in [1.807, 2.05) is 67.6 Å². The Bertz CT molecular complexity index is 1320. The Balaban J connectivity index is 1.53. The summed E-state index contributed by atoms with van der Waals surface area (Å²) in [6, 6.07) is 26.6. The van der Waals surface area contributed by atoms with Gasteiger partial charge in [0.1, 0.15) is 18.2 Å². The first-order valence-electron chi connectivity index (χ1n) is 11.3. The molecular formula is C28H25FN4O2. The van der Waals surface area contributed by atoms with Crippen LogP contribution in [0.25, 0.3) is 23.0 Å². The van der Waals surface area contributed by atoms with Gasteiger partial charge in [0, 0.05) is 24.3 Å². The molecule has 4 rings (SSSR count). The molecule has 0 fully saturated rings. The van der Waals surface area contributed by atoms with Crippen LogP contribution in [0.2, 0.25) is 0 Å². The van der Waals surface area contributed by atoms with Crippen LogP contribution in [0.5, 0.6) is 0 Å². The molecule has 6 nitrogen and oxygen atoms in total. The zero-order valence-corrected chi connectivity index (χ0v) is 19.3. The molecule has 0 bridgehead atoms. The highest BCUT2D eigenvalue weighted by atomic mass is 19.1. The number of hydrogen-bond donors (Lipinski definition) is 1. The smallest absolute Gasteiger partial charge is 0.247 e. The van der Waals surface area contributed by atoms with Gasteiger partial charge in [-0.05, 0) is 42.8 Å². The number of halogens is 1. The average Bonchev–Trinajstić information content (AvgIpc) is 3.31. The Morgan fingerprint density at radius 3 is 2.29 bits per heavy atom. The van der Waals surface area contributed by atoms with Gasteiger partial charge in [0.15, 0.2) is 0 Å². The van der Waals surface area contributed by atoms with Gasteiger partial charge in [0.05, 0.1) is 11.4 Å². The fourth-order valence-corrected chi connectivity index (χ4v) is 3.54. The van der Waals surface area contributed by atoms with E-state index in [9.17, 15) is 14.0 Å². The quantitative estimate of drug-likeness (QED) is 0.363. The Labute approximate surface area is 203 Å². The molecule has 7 heteroatoms. The molecule has 0 aliphatic heterocycles. The number of nitrogens with zero attached hydrogens (tertiary/aromatic N) is 3. The van der Waals surface area contributed by atoms with Gasteiger partial charge in [-0.2, -0.15) is 5.10 Å². The number of hydrogen-bond acceptors (Lipinski definition) is 3. The van der Waals surface area contributed by atoms with Crippen LogP contribution in [0.3, 0.4) is 0 Å². The van der Waals surface area contributed by atoms with Crippen LogP contribution >= 0.6 is 0 Å². The van der Waals surface area contributed by atoms with E-state index in [1.165, 1.54) is 23.1 Å². The van der Waals surface area contributed by atoms with Crippen LogP contribution < -0.4 is 5.32 Å². The zero-order chi connectivity index (χ0) is 24.6. The van der Waals surface area contributed by atoms with Crippen molar-refractivity contribution in [2.24, 2.45) is 0 Å². The summed E-state index contributed by atoms with van der Waals surface area (Å²) in [5, 5.41) is 7.48. The molecule has 0 atom stereocenters. The predicted molar refractivity (Wildman–Crippen MR) is 135 cm³/mol. The number of likely N-dealkylation sites (N-methyl/N-ethyl adjacent to an activating group) is 1. The summed E-state index contributed by atoms with van der Waals surface area (Å²) < 4.78 is 15.0. The number of rotatable bonds is 8. The molecule has 2 amide bonds. The van der Waals surface area contributed by atoms with Crippen molar-refractivity contribution < 1.29 is 14.0 Å². The van der Waals surface area contributed by atoms with Crippen molar-refractivity contribution in [3.63, 3.8) is 0 Å². The van der Waals surface area contributed by atoms with Crippen molar-refractivity contribution in [1.29, 1.82) is 0 Å². The largest absolute Gasteiger partial charge is 0.330 e. The number of aromatic nitrogens is 2. The summed E-state index contributed by atoms with van der Waals surface area (Å²) in [6.07, 6.45) is 3.18. The van der Waals surface area contributed by atoms with Crippen LogP contribution in [0.1, 0.15) is 12.5 Å². The Morgan fingerprint density at radius 1 is 0.971 bits per heavy atom. The lowest BCUT2D eigenvalue weighted by molar-refractivity contribution is -0.130. The third-order valence-electron chi connectivity index (χ3n) is 5.36. The number of carbonyl (C=O) groups is 2. The molecule has 0 saturated carbocycles. The van der Waals surface area contributed by atoms with E-state index in [2.05, 4.69) is 10.4 Å². The maximum absolute atomic E-state index is 13.5. The number of anilines is 1. The van der Waals surface area contributed by atoms with Gasteiger partial charge in [0.25, 0.3) is 0 Å². The molecule has 4 aromatic rings. The van der Waals surface area contributed by atoms with E-state index in [0.29, 0.717) is 23.7 Å². The van der Waals surface area contributed by atoms with E-state index < -0.39 is 0 Å². The molecule has 0 unspecified atom stereocenters. The number of amides is 2. The highest BCUT2D eigenvalue weighted by Gasteiger charge is 2.17. The van der Waals surface area contributed by atoms with Gasteiger partial charge >= 0.3 is 0 Å². The van der Waals surface area contributed by atoms with Crippen LogP contribution in [0.4, 0.5) is 10.2 Å². The lowest BCUT2D eigenvalue weighted by Crippen LogP contribution is -2.37. The second kappa shape index (κ2) is 11.1. The topological polar surface area (TPSA) is 67.2 Å². The SMILES string of the molecule is CCN(CC(=O)Nc1cc(-c2ccccc2)nn1-c1ccc(F)cc1)C(=O)/C=C/c1ccccc1. The third-order valence-corrected chi connectivity index (χ3v) is 5.36. The molecule has 1 heterocycles. The second-order valence-electron chi connectivity index (χ2n) is 7.81. The Morgan fingerprint density at radius 2 is 1.63 bits per heavy atom. The first-order chi connectivity index (χ1) is 17.0. The summed E-state index contributed by atoms with van der Waals surface area (Å²) in [5.41, 5.74) is 3.02. The number of nitrogens with one attached hydrogen (secondary N) is 1. The molecule has 176 valence electrons. The van der Waals surface area contributed by atoms with Crippen LogP contribution in [0.15, 0.2) is 97.1 Å². The van der Waals surface area contributed by atoms with Gasteiger partial charge < -0.3 is 10.2 Å². The molecule has 0 radical (unpaired) electrons.